The van der Waals surface area contributed by atoms with Crippen LogP contribution in [0, 0.1) is 23.7 Å². The zero-order valence-electron chi connectivity index (χ0n) is 36.2. The Morgan fingerprint density at radius 3 is 2.51 bits per heavy atom. The molecule has 61 heavy (non-hydrogen) atoms. The first-order chi connectivity index (χ1) is 29.9. The number of amides is 1. The highest BCUT2D eigenvalue weighted by Gasteiger charge is 2.65. The molecule has 2 aromatic carbocycles. The van der Waals surface area contributed by atoms with Crippen LogP contribution < -0.4 is 9.47 Å². The predicted octanol–water partition coefficient (Wildman–Crippen LogP) is 9.66. The summed E-state index contributed by atoms with van der Waals surface area (Å²) in [6.07, 6.45) is 19.3. The maximum Gasteiger partial charge on any atom is 0.239 e. The second kappa shape index (κ2) is 21.9. The highest BCUT2D eigenvalue weighted by molar-refractivity contribution is 6.03. The number of ether oxygens (including phenoxy) is 4. The molecular formula is C50H68N2O9. The van der Waals surface area contributed by atoms with Crippen LogP contribution in [-0.2, 0) is 19.1 Å². The number of nitrogens with zero attached hydrogens (tertiary/aromatic N) is 2. The van der Waals surface area contributed by atoms with Gasteiger partial charge in [-0.05, 0) is 105 Å². The second-order valence-electron chi connectivity index (χ2n) is 17.7. The number of unbranched alkanes of at least 4 members (excludes halogenated alkanes) is 2. The lowest BCUT2D eigenvalue weighted by Crippen LogP contribution is -2.70. The minimum absolute atomic E-state index is 0.0854. The van der Waals surface area contributed by atoms with Crippen molar-refractivity contribution in [1.29, 1.82) is 0 Å². The van der Waals surface area contributed by atoms with Crippen molar-refractivity contribution >= 4 is 17.9 Å². The summed E-state index contributed by atoms with van der Waals surface area (Å²) in [5.74, 6) is 0.819. The van der Waals surface area contributed by atoms with E-state index in [1.807, 2.05) is 23.1 Å². The van der Waals surface area contributed by atoms with Gasteiger partial charge < -0.3 is 38.9 Å². The standard InChI is InChI=1S/C50H68N2O9/c1-3-25-52(46(56)24-21-35-14-5-6-15-35)45-33-43(51-61-47-20-9-12-29-57-47)41-31-37(17-7-10-26-53)40(19-8-11-27-54)48-42-32-39(59-38-18-13-16-36(30-38)34-55)22-23-44(42)60-50(45,49(41)48)58-28-4-2/h4,13,16,18,22-23,30-32,34-35,37,40,45,47-49,53-54H,2-3,5-12,14-15,17,19-21,24-29,33H2,1H3. The molecule has 0 bridgehead atoms. The SMILES string of the molecule is C=CCOC12Oc3ccc(Oc4cccc(C=O)c4)cc3C3C(CCCCO)C(CCCCO)C=C(C(=NOC4CCCCO4)CC1N(CCC)C(=O)CCC1CCCC1)C32. The Kier molecular flexibility index (Phi) is 16.1. The Hall–Kier alpha value is -4.03. The van der Waals surface area contributed by atoms with Gasteiger partial charge in [0.1, 0.15) is 29.6 Å². The molecule has 332 valence electrons. The molecule has 11 nitrogen and oxygen atoms in total. The Labute approximate surface area is 362 Å². The van der Waals surface area contributed by atoms with Gasteiger partial charge in [0.25, 0.3) is 0 Å². The van der Waals surface area contributed by atoms with Crippen molar-refractivity contribution in [1.82, 2.24) is 4.90 Å². The lowest BCUT2D eigenvalue weighted by atomic mass is 9.55. The van der Waals surface area contributed by atoms with E-state index in [1.165, 1.54) is 25.7 Å². The van der Waals surface area contributed by atoms with E-state index >= 15 is 0 Å². The zero-order valence-corrected chi connectivity index (χ0v) is 36.2. The number of allylic oxidation sites excluding steroid dienone is 1. The topological polar surface area (TPSA) is 136 Å². The van der Waals surface area contributed by atoms with Crippen molar-refractivity contribution in [3.8, 4) is 17.2 Å². The maximum absolute atomic E-state index is 14.8. The average Bonchev–Trinajstić information content (AvgIpc) is 3.82. The van der Waals surface area contributed by atoms with E-state index in [0.717, 1.165) is 80.9 Å². The van der Waals surface area contributed by atoms with Crippen molar-refractivity contribution in [3.63, 3.8) is 0 Å². The number of hydrogen-bond acceptors (Lipinski definition) is 10. The molecule has 2 aliphatic heterocycles. The minimum Gasteiger partial charge on any atom is -0.459 e. The largest absolute Gasteiger partial charge is 0.459 e. The van der Waals surface area contributed by atoms with Crippen LogP contribution in [-0.4, -0.2) is 84.1 Å². The summed E-state index contributed by atoms with van der Waals surface area (Å²) in [7, 11) is 0. The summed E-state index contributed by atoms with van der Waals surface area (Å²) in [5.41, 5.74) is 3.28. The van der Waals surface area contributed by atoms with Crippen LogP contribution in [0.1, 0.15) is 138 Å². The highest BCUT2D eigenvalue weighted by atomic mass is 16.8. The monoisotopic (exact) mass is 840 g/mol. The first-order valence-electron chi connectivity index (χ1n) is 23.3. The molecule has 0 spiro atoms. The molecule has 11 heteroatoms. The molecule has 0 radical (unpaired) electrons. The number of hydrogen-bond donors (Lipinski definition) is 2. The molecule has 2 N–H and O–H groups in total. The molecule has 2 aromatic rings. The van der Waals surface area contributed by atoms with Gasteiger partial charge >= 0.3 is 0 Å². The van der Waals surface area contributed by atoms with Crippen molar-refractivity contribution < 1.29 is 43.6 Å². The molecule has 7 rings (SSSR count). The molecule has 3 aliphatic carbocycles. The Bertz CT molecular complexity index is 1830. The Morgan fingerprint density at radius 1 is 0.984 bits per heavy atom. The highest BCUT2D eigenvalue weighted by Crippen LogP contribution is 2.62. The summed E-state index contributed by atoms with van der Waals surface area (Å²) < 4.78 is 27.1. The summed E-state index contributed by atoms with van der Waals surface area (Å²) in [5, 5.41) is 24.9. The lowest BCUT2D eigenvalue weighted by molar-refractivity contribution is -0.257. The third-order valence-electron chi connectivity index (χ3n) is 13.7. The van der Waals surface area contributed by atoms with Crippen LogP contribution in [0.3, 0.4) is 0 Å². The number of rotatable bonds is 22. The number of carbonyl (C=O) groups is 2. The molecule has 2 heterocycles. The van der Waals surface area contributed by atoms with Crippen molar-refractivity contribution in [2.45, 2.75) is 140 Å². The van der Waals surface area contributed by atoms with Gasteiger partial charge in [-0.15, -0.1) is 6.58 Å². The number of fused-ring (bicyclic) bond motifs is 2. The fraction of sp³-hybridized carbons (Fsp3) is 0.620. The van der Waals surface area contributed by atoms with Crippen LogP contribution >= 0.6 is 0 Å². The fourth-order valence-corrected chi connectivity index (χ4v) is 10.9. The van der Waals surface area contributed by atoms with Crippen LogP contribution in [0.4, 0.5) is 0 Å². The van der Waals surface area contributed by atoms with E-state index < -0.39 is 24.0 Å². The molecule has 5 aliphatic rings. The second-order valence-corrected chi connectivity index (χ2v) is 17.7. The lowest BCUT2D eigenvalue weighted by Gasteiger charge is -2.60. The first-order valence-corrected chi connectivity index (χ1v) is 23.3. The van der Waals surface area contributed by atoms with E-state index in [0.29, 0.717) is 67.6 Å². The van der Waals surface area contributed by atoms with Crippen LogP contribution in [0.5, 0.6) is 17.2 Å². The predicted molar refractivity (Wildman–Crippen MR) is 235 cm³/mol. The normalized spacial score (nSPS) is 27.7. The Morgan fingerprint density at radius 2 is 1.77 bits per heavy atom. The number of carbonyl (C=O) groups excluding carboxylic acids is 2. The number of oxime groups is 1. The van der Waals surface area contributed by atoms with Gasteiger partial charge in [-0.2, -0.15) is 0 Å². The van der Waals surface area contributed by atoms with Crippen molar-refractivity contribution in [2.24, 2.45) is 28.8 Å². The molecule has 1 saturated heterocycles. The van der Waals surface area contributed by atoms with Gasteiger partial charge in [0.15, 0.2) is 0 Å². The molecule has 2 saturated carbocycles. The van der Waals surface area contributed by atoms with E-state index in [-0.39, 0.29) is 43.5 Å². The number of aliphatic hydroxyl groups is 2. The fourth-order valence-electron chi connectivity index (χ4n) is 10.9. The van der Waals surface area contributed by atoms with Crippen molar-refractivity contribution in [3.05, 3.63) is 77.9 Å². The minimum atomic E-state index is -1.30. The van der Waals surface area contributed by atoms with Gasteiger partial charge in [0.05, 0.1) is 24.8 Å². The van der Waals surface area contributed by atoms with Crippen LogP contribution in [0.15, 0.2) is 71.9 Å². The van der Waals surface area contributed by atoms with E-state index in [9.17, 15) is 19.8 Å². The summed E-state index contributed by atoms with van der Waals surface area (Å²) in [6.45, 7) is 7.79. The van der Waals surface area contributed by atoms with Gasteiger partial charge in [0, 0.05) is 56.1 Å². The van der Waals surface area contributed by atoms with Crippen molar-refractivity contribution in [2.75, 3.05) is 33.0 Å². The molecule has 7 unspecified atom stereocenters. The smallest absolute Gasteiger partial charge is 0.239 e. The van der Waals surface area contributed by atoms with Gasteiger partial charge in [0.2, 0.25) is 18.0 Å². The number of benzene rings is 2. The zero-order chi connectivity index (χ0) is 42.6. The van der Waals surface area contributed by atoms with Crippen LogP contribution in [0.25, 0.3) is 0 Å². The summed E-state index contributed by atoms with van der Waals surface area (Å²) in [6, 6.07) is 12.5. The van der Waals surface area contributed by atoms with Gasteiger partial charge in [-0.3, -0.25) is 9.59 Å². The average molecular weight is 841 g/mol. The molecule has 0 aromatic heterocycles. The van der Waals surface area contributed by atoms with E-state index in [2.05, 4.69) is 25.6 Å². The van der Waals surface area contributed by atoms with E-state index in [4.69, 9.17) is 28.9 Å². The first kappa shape index (κ1) is 45.0. The molecule has 3 fully saturated rings. The summed E-state index contributed by atoms with van der Waals surface area (Å²) in [4.78, 5) is 34.8. The Balaban J connectivity index is 1.40. The van der Waals surface area contributed by atoms with Gasteiger partial charge in [-0.1, -0.05) is 74.9 Å². The molecular weight excluding hydrogens is 773 g/mol. The molecule has 7 atom stereocenters. The maximum atomic E-state index is 14.8. The van der Waals surface area contributed by atoms with E-state index in [1.54, 1.807) is 24.3 Å². The summed E-state index contributed by atoms with van der Waals surface area (Å²) >= 11 is 0. The third kappa shape index (κ3) is 10.4. The quantitative estimate of drug-likeness (QED) is 0.0514. The third-order valence-corrected chi connectivity index (χ3v) is 13.7. The molecule has 1 amide bonds. The van der Waals surface area contributed by atoms with Crippen LogP contribution in [0.2, 0.25) is 0 Å². The number of aldehydes is 1. The van der Waals surface area contributed by atoms with Gasteiger partial charge in [-0.25, -0.2) is 0 Å². The number of aliphatic hydroxyl groups excluding tert-OH is 2.